The third kappa shape index (κ3) is 2.90. The molecule has 1 amide bonds. The Kier molecular flexibility index (Phi) is 4.25. The summed E-state index contributed by atoms with van der Waals surface area (Å²) in [4.78, 5) is 22.2. The third-order valence-corrected chi connectivity index (χ3v) is 3.62. The number of hydrogen-bond acceptors (Lipinski definition) is 3. The zero-order valence-corrected chi connectivity index (χ0v) is 8.97. The average Bonchev–Trinajstić information content (AvgIpc) is 2.65. The van der Waals surface area contributed by atoms with E-state index in [2.05, 4.69) is 5.32 Å². The molecule has 0 aromatic heterocycles. The minimum atomic E-state index is -0.955. The first-order valence-electron chi connectivity index (χ1n) is 4.80. The first kappa shape index (κ1) is 11.4. The summed E-state index contributed by atoms with van der Waals surface area (Å²) in [7, 11) is 0. The molecule has 1 heterocycles. The minimum absolute atomic E-state index is 0.0385. The number of nitrogens with one attached hydrogen (secondary N) is 1. The first-order chi connectivity index (χ1) is 6.65. The summed E-state index contributed by atoms with van der Waals surface area (Å²) >= 11 is 1.61. The molecule has 0 radical (unpaired) electrons. The fraction of sp³-hybridized carbons (Fsp3) is 0.778. The highest BCUT2D eigenvalue weighted by Crippen LogP contribution is 2.26. The van der Waals surface area contributed by atoms with Crippen LogP contribution in [0.1, 0.15) is 26.2 Å². The van der Waals surface area contributed by atoms with E-state index in [4.69, 9.17) is 5.11 Å². The Bertz CT molecular complexity index is 226. The van der Waals surface area contributed by atoms with Crippen molar-refractivity contribution in [2.75, 3.05) is 5.75 Å². The molecule has 80 valence electrons. The predicted molar refractivity (Wildman–Crippen MR) is 55.3 cm³/mol. The van der Waals surface area contributed by atoms with E-state index in [1.807, 2.05) is 0 Å². The molecule has 14 heavy (non-hydrogen) atoms. The maximum Gasteiger partial charge on any atom is 0.326 e. The van der Waals surface area contributed by atoms with Gasteiger partial charge in [-0.05, 0) is 25.0 Å². The Hall–Kier alpha value is -0.710. The first-order valence-corrected chi connectivity index (χ1v) is 5.84. The van der Waals surface area contributed by atoms with Crippen molar-refractivity contribution in [3.05, 3.63) is 0 Å². The molecule has 1 saturated heterocycles. The normalized spacial score (nSPS) is 23.1. The summed E-state index contributed by atoms with van der Waals surface area (Å²) < 4.78 is 0. The third-order valence-electron chi connectivity index (χ3n) is 2.24. The quantitative estimate of drug-likeness (QED) is 0.733. The number of carboxylic acids is 1. The number of hydrogen-bond donors (Lipinski definition) is 2. The average molecular weight is 217 g/mol. The van der Waals surface area contributed by atoms with Crippen LogP contribution in [0.4, 0.5) is 0 Å². The largest absolute Gasteiger partial charge is 0.480 e. The lowest BCUT2D eigenvalue weighted by Gasteiger charge is -2.15. The van der Waals surface area contributed by atoms with Crippen molar-refractivity contribution in [1.29, 1.82) is 0 Å². The van der Waals surface area contributed by atoms with Gasteiger partial charge in [0, 0.05) is 0 Å². The van der Waals surface area contributed by atoms with Gasteiger partial charge in [0.25, 0.3) is 0 Å². The lowest BCUT2D eigenvalue weighted by Crippen LogP contribution is -2.43. The molecule has 1 unspecified atom stereocenters. The van der Waals surface area contributed by atoms with Crippen molar-refractivity contribution < 1.29 is 14.7 Å². The van der Waals surface area contributed by atoms with E-state index < -0.39 is 12.0 Å². The molecule has 0 saturated carbocycles. The number of thioether (sulfide) groups is 1. The minimum Gasteiger partial charge on any atom is -0.480 e. The zero-order chi connectivity index (χ0) is 10.6. The van der Waals surface area contributed by atoms with E-state index in [0.717, 1.165) is 18.6 Å². The summed E-state index contributed by atoms with van der Waals surface area (Å²) in [6.07, 6.45) is 2.34. The van der Waals surface area contributed by atoms with Gasteiger partial charge in [-0.3, -0.25) is 4.79 Å². The van der Waals surface area contributed by atoms with Crippen LogP contribution in [-0.4, -0.2) is 34.0 Å². The molecular weight excluding hydrogens is 202 g/mol. The van der Waals surface area contributed by atoms with Gasteiger partial charge >= 0.3 is 5.97 Å². The van der Waals surface area contributed by atoms with Crippen LogP contribution in [0, 0.1) is 0 Å². The monoisotopic (exact) mass is 217 g/mol. The highest BCUT2D eigenvalue weighted by molar-refractivity contribution is 8.00. The number of rotatable bonds is 4. The van der Waals surface area contributed by atoms with Crippen molar-refractivity contribution in [2.24, 2.45) is 0 Å². The van der Waals surface area contributed by atoms with Gasteiger partial charge in [-0.1, -0.05) is 6.92 Å². The predicted octanol–water partition coefficient (Wildman–Crippen LogP) is 0.861. The van der Waals surface area contributed by atoms with Crippen LogP contribution in [0.2, 0.25) is 0 Å². The van der Waals surface area contributed by atoms with Crippen molar-refractivity contribution >= 4 is 23.6 Å². The number of aliphatic carboxylic acids is 1. The SMILES string of the molecule is CC[C@@H](NC(=O)C1CCCS1)C(=O)O. The van der Waals surface area contributed by atoms with Gasteiger partial charge in [0.2, 0.25) is 5.91 Å². The molecule has 1 aliphatic rings. The summed E-state index contributed by atoms with van der Waals surface area (Å²) in [6.45, 7) is 1.75. The number of carbonyl (C=O) groups is 2. The molecule has 1 aliphatic heterocycles. The zero-order valence-electron chi connectivity index (χ0n) is 8.16. The maximum atomic E-state index is 11.5. The van der Waals surface area contributed by atoms with Gasteiger partial charge in [0.1, 0.15) is 6.04 Å². The van der Waals surface area contributed by atoms with Crippen LogP contribution in [0.5, 0.6) is 0 Å². The molecule has 4 nitrogen and oxygen atoms in total. The van der Waals surface area contributed by atoms with Gasteiger partial charge in [-0.2, -0.15) is 0 Å². The molecule has 0 aromatic carbocycles. The second-order valence-corrected chi connectivity index (χ2v) is 4.62. The van der Waals surface area contributed by atoms with E-state index >= 15 is 0 Å². The number of carboxylic acid groups (broad SMARTS) is 1. The van der Waals surface area contributed by atoms with E-state index in [0.29, 0.717) is 6.42 Å². The van der Waals surface area contributed by atoms with E-state index in [9.17, 15) is 9.59 Å². The number of carbonyl (C=O) groups excluding carboxylic acids is 1. The van der Waals surface area contributed by atoms with Crippen LogP contribution in [0.15, 0.2) is 0 Å². The fourth-order valence-electron chi connectivity index (χ4n) is 1.39. The van der Waals surface area contributed by atoms with Crippen molar-refractivity contribution in [1.82, 2.24) is 5.32 Å². The Morgan fingerprint density at radius 1 is 1.64 bits per heavy atom. The smallest absolute Gasteiger partial charge is 0.326 e. The van der Waals surface area contributed by atoms with E-state index in [-0.39, 0.29) is 11.2 Å². The highest BCUT2D eigenvalue weighted by Gasteiger charge is 2.26. The molecule has 1 rings (SSSR count). The molecule has 2 atom stereocenters. The molecule has 2 N–H and O–H groups in total. The van der Waals surface area contributed by atoms with Gasteiger partial charge < -0.3 is 10.4 Å². The maximum absolute atomic E-state index is 11.5. The van der Waals surface area contributed by atoms with Crippen molar-refractivity contribution in [3.8, 4) is 0 Å². The number of amides is 1. The molecule has 0 aromatic rings. The van der Waals surface area contributed by atoms with Crippen LogP contribution in [-0.2, 0) is 9.59 Å². The van der Waals surface area contributed by atoms with Gasteiger partial charge in [0.05, 0.1) is 5.25 Å². The lowest BCUT2D eigenvalue weighted by atomic mass is 10.2. The lowest BCUT2D eigenvalue weighted by molar-refractivity contribution is -0.141. The molecule has 1 fully saturated rings. The Morgan fingerprint density at radius 3 is 2.79 bits per heavy atom. The van der Waals surface area contributed by atoms with Crippen molar-refractivity contribution in [2.45, 2.75) is 37.5 Å². The molecular formula is C9H15NO3S. The Morgan fingerprint density at radius 2 is 2.36 bits per heavy atom. The van der Waals surface area contributed by atoms with E-state index in [1.165, 1.54) is 0 Å². The summed E-state index contributed by atoms with van der Waals surface area (Å²) in [5.74, 6) is -0.0762. The highest BCUT2D eigenvalue weighted by atomic mass is 32.2. The fourth-order valence-corrected chi connectivity index (χ4v) is 2.56. The summed E-state index contributed by atoms with van der Waals surface area (Å²) in [5, 5.41) is 11.3. The van der Waals surface area contributed by atoms with Gasteiger partial charge in [0.15, 0.2) is 0 Å². The van der Waals surface area contributed by atoms with Crippen molar-refractivity contribution in [3.63, 3.8) is 0 Å². The standard InChI is InChI=1S/C9H15NO3S/c1-2-6(9(12)13)10-8(11)7-4-3-5-14-7/h6-7H,2-5H2,1H3,(H,10,11)(H,12,13)/t6-,7?/m1/s1. The molecule has 0 aliphatic carbocycles. The molecule has 0 bridgehead atoms. The second kappa shape index (κ2) is 5.24. The van der Waals surface area contributed by atoms with Gasteiger partial charge in [-0.25, -0.2) is 4.79 Å². The second-order valence-electron chi connectivity index (χ2n) is 3.31. The topological polar surface area (TPSA) is 66.4 Å². The molecule has 0 spiro atoms. The van der Waals surface area contributed by atoms with Gasteiger partial charge in [-0.15, -0.1) is 11.8 Å². The van der Waals surface area contributed by atoms with Crippen LogP contribution >= 0.6 is 11.8 Å². The summed E-state index contributed by atoms with van der Waals surface area (Å²) in [6, 6.07) is -0.733. The summed E-state index contributed by atoms with van der Waals surface area (Å²) in [5.41, 5.74) is 0. The van der Waals surface area contributed by atoms with Crippen LogP contribution in [0.25, 0.3) is 0 Å². The Labute approximate surface area is 87.4 Å². The van der Waals surface area contributed by atoms with Crippen LogP contribution < -0.4 is 5.32 Å². The molecule has 5 heteroatoms. The van der Waals surface area contributed by atoms with Crippen LogP contribution in [0.3, 0.4) is 0 Å². The Balaban J connectivity index is 2.41. The van der Waals surface area contributed by atoms with E-state index in [1.54, 1.807) is 18.7 Å².